The first-order valence-corrected chi connectivity index (χ1v) is 4.35. The Hall–Kier alpha value is 0.540. The van der Waals surface area contributed by atoms with Gasteiger partial charge in [0.15, 0.2) is 10.1 Å². The van der Waals surface area contributed by atoms with Crippen molar-refractivity contribution in [2.75, 3.05) is 5.88 Å². The third-order valence-corrected chi connectivity index (χ3v) is 3.20. The zero-order valence-electron chi connectivity index (χ0n) is 5.24. The fourth-order valence-electron chi connectivity index (χ4n) is 1.05. The van der Waals surface area contributed by atoms with Gasteiger partial charge in [-0.15, -0.1) is 11.6 Å². The Morgan fingerprint density at radius 3 is 2.40 bits per heavy atom. The minimum atomic E-state index is -1.21. The van der Waals surface area contributed by atoms with Gasteiger partial charge in [0.2, 0.25) is 0 Å². The van der Waals surface area contributed by atoms with E-state index in [4.69, 9.17) is 34.8 Å². The first-order chi connectivity index (χ1) is 4.59. The van der Waals surface area contributed by atoms with Crippen molar-refractivity contribution in [1.82, 2.24) is 0 Å². The Morgan fingerprint density at radius 2 is 2.20 bits per heavy atom. The molecule has 10 heavy (non-hydrogen) atoms. The van der Waals surface area contributed by atoms with E-state index in [1.165, 1.54) is 0 Å². The fraction of sp³-hybridized carbons (Fsp3) is 0.833. The number of alkyl halides is 3. The molecule has 0 spiro atoms. The summed E-state index contributed by atoms with van der Waals surface area (Å²) in [5, 5.41) is 0. The van der Waals surface area contributed by atoms with Crippen LogP contribution in [0.3, 0.4) is 0 Å². The molecule has 0 aromatic heterocycles. The summed E-state index contributed by atoms with van der Waals surface area (Å²) in [6.07, 6.45) is 1.18. The molecular weight excluding hydrogens is 194 g/mol. The van der Waals surface area contributed by atoms with E-state index in [1.54, 1.807) is 0 Å². The molecule has 0 heterocycles. The molecular formula is C6H7Cl3O. The Labute approximate surface area is 74.6 Å². The zero-order valence-corrected chi connectivity index (χ0v) is 7.51. The van der Waals surface area contributed by atoms with Crippen LogP contribution >= 0.6 is 34.8 Å². The highest BCUT2D eigenvalue weighted by molar-refractivity contribution is 6.59. The average Bonchev–Trinajstić information content (AvgIpc) is 2.10. The SMILES string of the molecule is O=C1CCC(CCl)C1(Cl)Cl. The number of ketones is 1. The smallest absolute Gasteiger partial charge is 0.179 e. The van der Waals surface area contributed by atoms with E-state index in [0.717, 1.165) is 6.42 Å². The number of carbonyl (C=O) groups excluding carboxylic acids is 1. The third kappa shape index (κ3) is 1.27. The molecule has 58 valence electrons. The number of Topliss-reactive ketones (excluding diaryl/α,β-unsaturated/α-hetero) is 1. The summed E-state index contributed by atoms with van der Waals surface area (Å²) in [5.41, 5.74) is 0. The van der Waals surface area contributed by atoms with Gasteiger partial charge in [-0.25, -0.2) is 0 Å². The summed E-state index contributed by atoms with van der Waals surface area (Å²) in [6, 6.07) is 0. The van der Waals surface area contributed by atoms with Crippen LogP contribution in [0.1, 0.15) is 12.8 Å². The molecule has 4 heteroatoms. The van der Waals surface area contributed by atoms with Crippen molar-refractivity contribution in [1.29, 1.82) is 0 Å². The van der Waals surface area contributed by atoms with Gasteiger partial charge < -0.3 is 0 Å². The molecule has 1 saturated carbocycles. The van der Waals surface area contributed by atoms with Gasteiger partial charge in [-0.1, -0.05) is 23.2 Å². The standard InChI is InChI=1S/C6H7Cl3O/c7-3-4-1-2-5(10)6(4,8)9/h4H,1-3H2. The normalized spacial score (nSPS) is 31.1. The van der Waals surface area contributed by atoms with Gasteiger partial charge in [0, 0.05) is 18.2 Å². The Kier molecular flexibility index (Phi) is 2.49. The van der Waals surface area contributed by atoms with Crippen LogP contribution in [0.15, 0.2) is 0 Å². The van der Waals surface area contributed by atoms with Crippen molar-refractivity contribution in [2.24, 2.45) is 5.92 Å². The molecule has 1 rings (SSSR count). The molecule has 1 aliphatic carbocycles. The second-order valence-corrected chi connectivity index (χ2v) is 4.13. The van der Waals surface area contributed by atoms with E-state index in [2.05, 4.69) is 0 Å². The van der Waals surface area contributed by atoms with Crippen LogP contribution in [0.5, 0.6) is 0 Å². The topological polar surface area (TPSA) is 17.1 Å². The van der Waals surface area contributed by atoms with Crippen molar-refractivity contribution < 1.29 is 4.79 Å². The number of hydrogen-bond donors (Lipinski definition) is 0. The molecule has 1 atom stereocenters. The minimum absolute atomic E-state index is 0.0648. The lowest BCUT2D eigenvalue weighted by molar-refractivity contribution is -0.118. The van der Waals surface area contributed by atoms with Gasteiger partial charge in [0.05, 0.1) is 0 Å². The molecule has 1 nitrogen and oxygen atoms in total. The molecule has 0 radical (unpaired) electrons. The Bertz CT molecular complexity index is 155. The van der Waals surface area contributed by atoms with Gasteiger partial charge >= 0.3 is 0 Å². The highest BCUT2D eigenvalue weighted by atomic mass is 35.5. The second kappa shape index (κ2) is 2.88. The molecule has 0 aromatic rings. The van der Waals surface area contributed by atoms with Crippen molar-refractivity contribution in [3.8, 4) is 0 Å². The summed E-state index contributed by atoms with van der Waals surface area (Å²) < 4.78 is -1.21. The van der Waals surface area contributed by atoms with Crippen LogP contribution in [-0.4, -0.2) is 16.0 Å². The number of halogens is 3. The average molecular weight is 201 g/mol. The van der Waals surface area contributed by atoms with Crippen molar-refractivity contribution in [2.45, 2.75) is 17.2 Å². The van der Waals surface area contributed by atoms with E-state index in [0.29, 0.717) is 12.3 Å². The predicted molar refractivity (Wildman–Crippen MR) is 42.9 cm³/mol. The summed E-state index contributed by atoms with van der Waals surface area (Å²) in [4.78, 5) is 10.9. The van der Waals surface area contributed by atoms with Crippen LogP contribution in [0.2, 0.25) is 0 Å². The van der Waals surface area contributed by atoms with E-state index in [1.807, 2.05) is 0 Å². The van der Waals surface area contributed by atoms with Crippen LogP contribution in [-0.2, 0) is 4.79 Å². The number of carbonyl (C=O) groups is 1. The van der Waals surface area contributed by atoms with E-state index in [9.17, 15) is 4.79 Å². The van der Waals surface area contributed by atoms with Crippen LogP contribution in [0.4, 0.5) is 0 Å². The molecule has 0 amide bonds. The molecule has 1 aliphatic rings. The maximum atomic E-state index is 10.9. The molecule has 0 aliphatic heterocycles. The molecule has 1 unspecified atom stereocenters. The molecule has 1 fully saturated rings. The van der Waals surface area contributed by atoms with Crippen molar-refractivity contribution >= 4 is 40.6 Å². The maximum Gasteiger partial charge on any atom is 0.179 e. The first kappa shape index (κ1) is 8.63. The predicted octanol–water partition coefficient (Wildman–Crippen LogP) is 2.38. The van der Waals surface area contributed by atoms with Crippen LogP contribution in [0.25, 0.3) is 0 Å². The Balaban J connectivity index is 2.73. The summed E-state index contributed by atoms with van der Waals surface area (Å²) >= 11 is 17.0. The van der Waals surface area contributed by atoms with E-state index < -0.39 is 4.33 Å². The highest BCUT2D eigenvalue weighted by Crippen LogP contribution is 2.42. The third-order valence-electron chi connectivity index (χ3n) is 1.79. The van der Waals surface area contributed by atoms with Crippen molar-refractivity contribution in [3.63, 3.8) is 0 Å². The van der Waals surface area contributed by atoms with Gasteiger partial charge in [0.25, 0.3) is 0 Å². The van der Waals surface area contributed by atoms with Gasteiger partial charge in [-0.05, 0) is 6.42 Å². The lowest BCUT2D eigenvalue weighted by Gasteiger charge is -2.16. The quantitative estimate of drug-likeness (QED) is 0.595. The summed E-state index contributed by atoms with van der Waals surface area (Å²) in [5.74, 6) is 0.199. The van der Waals surface area contributed by atoms with Gasteiger partial charge in [-0.2, -0.15) is 0 Å². The van der Waals surface area contributed by atoms with Crippen molar-refractivity contribution in [3.05, 3.63) is 0 Å². The van der Waals surface area contributed by atoms with Crippen LogP contribution < -0.4 is 0 Å². The number of hydrogen-bond acceptors (Lipinski definition) is 1. The minimum Gasteiger partial charge on any atom is -0.296 e. The Morgan fingerprint density at radius 1 is 1.60 bits per heavy atom. The van der Waals surface area contributed by atoms with E-state index >= 15 is 0 Å². The van der Waals surface area contributed by atoms with Crippen LogP contribution in [0, 0.1) is 5.92 Å². The largest absolute Gasteiger partial charge is 0.296 e. The number of rotatable bonds is 1. The monoisotopic (exact) mass is 200 g/mol. The second-order valence-electron chi connectivity index (χ2n) is 2.44. The summed E-state index contributed by atoms with van der Waals surface area (Å²) in [6.45, 7) is 0. The lowest BCUT2D eigenvalue weighted by atomic mass is 10.1. The highest BCUT2D eigenvalue weighted by Gasteiger charge is 2.46. The molecule has 0 aromatic carbocycles. The maximum absolute atomic E-state index is 10.9. The first-order valence-electron chi connectivity index (χ1n) is 3.06. The molecule has 0 N–H and O–H groups in total. The fourth-order valence-corrected chi connectivity index (χ4v) is 2.16. The van der Waals surface area contributed by atoms with E-state index in [-0.39, 0.29) is 11.7 Å². The van der Waals surface area contributed by atoms with Gasteiger partial charge in [-0.3, -0.25) is 4.79 Å². The van der Waals surface area contributed by atoms with Gasteiger partial charge in [0.1, 0.15) is 0 Å². The molecule has 0 saturated heterocycles. The summed E-state index contributed by atoms with van der Waals surface area (Å²) in [7, 11) is 0. The lowest BCUT2D eigenvalue weighted by Crippen LogP contribution is -2.27. The molecule has 0 bridgehead atoms. The zero-order chi connectivity index (χ0) is 7.78.